The van der Waals surface area contributed by atoms with E-state index in [0.29, 0.717) is 34.1 Å². The van der Waals surface area contributed by atoms with E-state index in [1.165, 1.54) is 0 Å². The third kappa shape index (κ3) is 6.57. The van der Waals surface area contributed by atoms with Crippen LogP contribution >= 0.6 is 11.6 Å². The van der Waals surface area contributed by atoms with Gasteiger partial charge in [-0.15, -0.1) is 0 Å². The van der Waals surface area contributed by atoms with Crippen LogP contribution in [0.4, 0.5) is 10.5 Å². The number of halogens is 1. The van der Waals surface area contributed by atoms with Crippen molar-refractivity contribution in [1.82, 2.24) is 5.16 Å². The number of ether oxygens (including phenoxy) is 1. The van der Waals surface area contributed by atoms with Gasteiger partial charge in [0.1, 0.15) is 17.5 Å². The number of aryl methyl sites for hydroxylation is 2. The number of carbonyl (C=O) groups is 2. The third-order valence-electron chi connectivity index (χ3n) is 6.02. The van der Waals surface area contributed by atoms with Crippen molar-refractivity contribution in [2.75, 3.05) is 5.32 Å². The maximum Gasteiger partial charge on any atom is 0.412 e. The Morgan fingerprint density at radius 3 is 2.27 bits per heavy atom. The summed E-state index contributed by atoms with van der Waals surface area (Å²) in [5.74, 6) is -0.319. The molecule has 0 aliphatic carbocycles. The topological polar surface area (TPSA) is 102 Å². The van der Waals surface area contributed by atoms with E-state index >= 15 is 0 Å². The number of nitrogens with one attached hydrogen (secondary N) is 1. The molecule has 0 saturated heterocycles. The Balaban J connectivity index is 1.43. The summed E-state index contributed by atoms with van der Waals surface area (Å²) in [6.45, 7) is 3.47. The quantitative estimate of drug-likeness (QED) is 0.235. The fraction of sp³-hybridized carbons (Fsp3) is 0.207. The van der Waals surface area contributed by atoms with Crippen molar-refractivity contribution in [2.24, 2.45) is 0 Å². The van der Waals surface area contributed by atoms with Crippen molar-refractivity contribution in [3.63, 3.8) is 0 Å². The van der Waals surface area contributed by atoms with Gasteiger partial charge in [0.15, 0.2) is 5.76 Å². The van der Waals surface area contributed by atoms with E-state index in [1.54, 1.807) is 19.9 Å². The average Bonchev–Trinajstić information content (AvgIpc) is 3.24. The number of benzene rings is 3. The highest BCUT2D eigenvalue weighted by Gasteiger charge is 2.20. The second-order valence-corrected chi connectivity index (χ2v) is 9.09. The van der Waals surface area contributed by atoms with Gasteiger partial charge in [-0.25, -0.2) is 4.79 Å². The second kappa shape index (κ2) is 11.8. The van der Waals surface area contributed by atoms with Crippen LogP contribution in [0.3, 0.4) is 0 Å². The molecule has 37 heavy (non-hydrogen) atoms. The number of carboxylic acids is 1. The first-order valence-electron chi connectivity index (χ1n) is 11.9. The average molecular weight is 519 g/mol. The molecule has 0 spiro atoms. The van der Waals surface area contributed by atoms with Crippen molar-refractivity contribution >= 4 is 29.4 Å². The molecule has 3 aromatic carbocycles. The normalized spacial score (nSPS) is 11.6. The molecule has 0 aliphatic rings. The van der Waals surface area contributed by atoms with Crippen molar-refractivity contribution < 1.29 is 24.0 Å². The molecule has 1 aromatic heterocycles. The molecular weight excluding hydrogens is 492 g/mol. The number of carboxylic acid groups (broad SMARTS) is 1. The Morgan fingerprint density at radius 1 is 1.00 bits per heavy atom. The Labute approximate surface area is 220 Å². The lowest BCUT2D eigenvalue weighted by atomic mass is 10.00. The summed E-state index contributed by atoms with van der Waals surface area (Å²) in [6.07, 6.45) is 0.329. The Hall–Kier alpha value is -4.10. The number of carbonyl (C=O) groups excluding carboxylic acids is 1. The van der Waals surface area contributed by atoms with E-state index in [1.807, 2.05) is 66.7 Å². The molecule has 1 atom stereocenters. The highest BCUT2D eigenvalue weighted by atomic mass is 35.5. The van der Waals surface area contributed by atoms with Crippen molar-refractivity contribution in [3.05, 3.63) is 94.7 Å². The first-order chi connectivity index (χ1) is 17.8. The molecule has 190 valence electrons. The number of hydrogen-bond donors (Lipinski definition) is 2. The van der Waals surface area contributed by atoms with Gasteiger partial charge in [-0.2, -0.15) is 0 Å². The summed E-state index contributed by atoms with van der Waals surface area (Å²) < 4.78 is 10.9. The van der Waals surface area contributed by atoms with E-state index in [9.17, 15) is 9.59 Å². The van der Waals surface area contributed by atoms with Crippen molar-refractivity contribution in [1.29, 1.82) is 0 Å². The van der Waals surface area contributed by atoms with Gasteiger partial charge in [-0.3, -0.25) is 10.1 Å². The lowest BCUT2D eigenvalue weighted by Crippen LogP contribution is -2.17. The fourth-order valence-electron chi connectivity index (χ4n) is 4.00. The van der Waals surface area contributed by atoms with Gasteiger partial charge in [0.25, 0.3) is 0 Å². The zero-order valence-electron chi connectivity index (χ0n) is 20.5. The van der Waals surface area contributed by atoms with Gasteiger partial charge in [-0.05, 0) is 49.4 Å². The van der Waals surface area contributed by atoms with E-state index in [0.717, 1.165) is 28.7 Å². The van der Waals surface area contributed by atoms with Crippen molar-refractivity contribution in [3.8, 4) is 22.4 Å². The zero-order valence-corrected chi connectivity index (χ0v) is 21.3. The van der Waals surface area contributed by atoms with Gasteiger partial charge in [-0.1, -0.05) is 83.5 Å². The maximum absolute atomic E-state index is 12.6. The van der Waals surface area contributed by atoms with Crippen LogP contribution in [0.2, 0.25) is 5.02 Å². The maximum atomic E-state index is 12.6. The molecule has 4 rings (SSSR count). The minimum absolute atomic E-state index is 0.166. The molecule has 1 heterocycles. The number of nitrogens with zero attached hydrogens (tertiary/aromatic N) is 1. The largest absolute Gasteiger partial charge is 0.481 e. The summed E-state index contributed by atoms with van der Waals surface area (Å²) >= 11 is 6.21. The smallest absolute Gasteiger partial charge is 0.412 e. The summed E-state index contributed by atoms with van der Waals surface area (Å²) in [5, 5.41) is 16.2. The van der Waals surface area contributed by atoms with Gasteiger partial charge >= 0.3 is 12.1 Å². The molecule has 1 amide bonds. The number of anilines is 1. The predicted octanol–water partition coefficient (Wildman–Crippen LogP) is 7.69. The summed E-state index contributed by atoms with van der Waals surface area (Å²) in [6, 6.07) is 23.1. The first-order valence-corrected chi connectivity index (χ1v) is 12.3. The minimum Gasteiger partial charge on any atom is -0.481 e. The summed E-state index contributed by atoms with van der Waals surface area (Å²) in [4.78, 5) is 23.3. The first kappa shape index (κ1) is 26.0. The monoisotopic (exact) mass is 518 g/mol. The molecule has 0 radical (unpaired) electrons. The van der Waals surface area contributed by atoms with E-state index < -0.39 is 18.2 Å². The number of aromatic nitrogens is 1. The van der Waals surface area contributed by atoms with Gasteiger partial charge in [0.05, 0.1) is 0 Å². The van der Waals surface area contributed by atoms with Crippen LogP contribution in [-0.2, 0) is 16.0 Å². The van der Waals surface area contributed by atoms with E-state index in [2.05, 4.69) is 10.5 Å². The molecule has 4 aromatic rings. The SMILES string of the molecule is Cc1onc(-c2ccc(-c3ccc(CCCC(=O)O)cc3)cc2)c1NC(=O)OC(C)c1ccccc1Cl. The zero-order chi connectivity index (χ0) is 26.4. The molecule has 7 nitrogen and oxygen atoms in total. The highest BCUT2D eigenvalue weighted by Crippen LogP contribution is 2.33. The molecule has 1 unspecified atom stereocenters. The predicted molar refractivity (Wildman–Crippen MR) is 143 cm³/mol. The van der Waals surface area contributed by atoms with Crippen LogP contribution < -0.4 is 5.32 Å². The molecule has 0 fully saturated rings. The fourth-order valence-corrected chi connectivity index (χ4v) is 4.29. The lowest BCUT2D eigenvalue weighted by molar-refractivity contribution is -0.137. The van der Waals surface area contributed by atoms with Crippen molar-refractivity contribution in [2.45, 2.75) is 39.2 Å². The van der Waals surface area contributed by atoms with Crippen LogP contribution in [0.25, 0.3) is 22.4 Å². The number of aliphatic carboxylic acids is 1. The second-order valence-electron chi connectivity index (χ2n) is 8.68. The lowest BCUT2D eigenvalue weighted by Gasteiger charge is -2.15. The Morgan fingerprint density at radius 2 is 1.62 bits per heavy atom. The number of amides is 1. The van der Waals surface area contributed by atoms with E-state index in [-0.39, 0.29) is 6.42 Å². The molecular formula is C29H27ClN2O5. The van der Waals surface area contributed by atoms with Crippen LogP contribution in [0.15, 0.2) is 77.3 Å². The van der Waals surface area contributed by atoms with Crippen LogP contribution in [-0.4, -0.2) is 22.3 Å². The van der Waals surface area contributed by atoms with E-state index in [4.69, 9.17) is 26.0 Å². The number of rotatable bonds is 9. The molecule has 0 aliphatic heterocycles. The van der Waals surface area contributed by atoms with Gasteiger partial charge < -0.3 is 14.4 Å². The summed E-state index contributed by atoms with van der Waals surface area (Å²) in [5.41, 5.74) is 5.59. The minimum atomic E-state index is -0.777. The van der Waals surface area contributed by atoms with Crippen LogP contribution in [0.5, 0.6) is 0 Å². The molecule has 0 bridgehead atoms. The highest BCUT2D eigenvalue weighted by molar-refractivity contribution is 6.31. The van der Waals surface area contributed by atoms with Crippen LogP contribution in [0.1, 0.15) is 42.8 Å². The van der Waals surface area contributed by atoms with Gasteiger partial charge in [0.2, 0.25) is 0 Å². The molecule has 2 N–H and O–H groups in total. The number of hydrogen-bond acceptors (Lipinski definition) is 5. The Kier molecular flexibility index (Phi) is 8.25. The van der Waals surface area contributed by atoms with Gasteiger partial charge in [0, 0.05) is 22.6 Å². The van der Waals surface area contributed by atoms with Crippen LogP contribution in [0, 0.1) is 6.92 Å². The summed E-state index contributed by atoms with van der Waals surface area (Å²) in [7, 11) is 0. The Bertz CT molecular complexity index is 1380. The standard InChI is InChI=1S/C29H27ClN2O5/c1-18(24-7-3-4-8-25(24)30)36-29(35)31-27-19(2)37-32-28(27)23-16-14-22(15-17-23)21-12-10-20(11-13-21)6-5-9-26(33)34/h3-4,7-8,10-18H,5-6,9H2,1-2H3,(H,31,35)(H,33,34). The molecule has 0 saturated carbocycles. The molecule has 8 heteroatoms. The third-order valence-corrected chi connectivity index (χ3v) is 6.36.